The summed E-state index contributed by atoms with van der Waals surface area (Å²) in [4.78, 5) is 12.6. The molecule has 0 aliphatic heterocycles. The lowest BCUT2D eigenvalue weighted by molar-refractivity contribution is 0.252. The van der Waals surface area contributed by atoms with Crippen LogP contribution in [0, 0.1) is 5.82 Å². The van der Waals surface area contributed by atoms with Gasteiger partial charge in [0.1, 0.15) is 17.2 Å². The van der Waals surface area contributed by atoms with Gasteiger partial charge in [0.05, 0.1) is 5.69 Å². The SMILES string of the molecule is Nc1c(NC(=O)NCCCc2ccccc2)c(-c2ccccc2)nn1-c1ccc(F)cc1. The number of carbonyl (C=O) groups is 1. The molecule has 0 aliphatic rings. The number of anilines is 2. The first-order valence-corrected chi connectivity index (χ1v) is 10.4. The molecule has 1 aromatic heterocycles. The molecule has 3 aromatic carbocycles. The van der Waals surface area contributed by atoms with Crippen LogP contribution >= 0.6 is 0 Å². The van der Waals surface area contributed by atoms with Gasteiger partial charge in [-0.25, -0.2) is 13.9 Å². The van der Waals surface area contributed by atoms with Crippen LogP contribution in [0.4, 0.5) is 20.7 Å². The highest BCUT2D eigenvalue weighted by Crippen LogP contribution is 2.34. The Balaban J connectivity index is 1.51. The van der Waals surface area contributed by atoms with Gasteiger partial charge in [0, 0.05) is 12.1 Å². The summed E-state index contributed by atoms with van der Waals surface area (Å²) in [6.07, 6.45) is 1.69. The second kappa shape index (κ2) is 9.78. The summed E-state index contributed by atoms with van der Waals surface area (Å²) in [7, 11) is 0. The number of carbonyl (C=O) groups excluding carboxylic acids is 1. The van der Waals surface area contributed by atoms with E-state index in [4.69, 9.17) is 5.73 Å². The highest BCUT2D eigenvalue weighted by molar-refractivity contribution is 5.97. The van der Waals surface area contributed by atoms with E-state index in [1.807, 2.05) is 48.5 Å². The quantitative estimate of drug-likeness (QED) is 0.361. The Hall–Kier alpha value is -4.13. The normalized spacial score (nSPS) is 10.7. The van der Waals surface area contributed by atoms with E-state index in [1.54, 1.807) is 12.1 Å². The molecule has 0 saturated carbocycles. The lowest BCUT2D eigenvalue weighted by Crippen LogP contribution is -2.30. The summed E-state index contributed by atoms with van der Waals surface area (Å²) in [6, 6.07) is 25.0. The fourth-order valence-corrected chi connectivity index (χ4v) is 3.43. The molecule has 4 rings (SSSR count). The Morgan fingerprint density at radius 3 is 2.28 bits per heavy atom. The smallest absolute Gasteiger partial charge is 0.319 e. The van der Waals surface area contributed by atoms with Crippen molar-refractivity contribution in [3.05, 3.63) is 96.3 Å². The fraction of sp³-hybridized carbons (Fsp3) is 0.120. The van der Waals surface area contributed by atoms with Gasteiger partial charge in [-0.1, -0.05) is 60.7 Å². The summed E-state index contributed by atoms with van der Waals surface area (Å²) in [5, 5.41) is 10.3. The average molecular weight is 429 g/mol. The van der Waals surface area contributed by atoms with Crippen molar-refractivity contribution < 1.29 is 9.18 Å². The molecule has 0 saturated heterocycles. The van der Waals surface area contributed by atoms with Crippen LogP contribution in [0.3, 0.4) is 0 Å². The molecule has 4 aromatic rings. The van der Waals surface area contributed by atoms with Gasteiger partial charge in [-0.15, -0.1) is 0 Å². The average Bonchev–Trinajstić information content (AvgIpc) is 3.14. The number of benzene rings is 3. The number of nitrogens with one attached hydrogen (secondary N) is 2. The van der Waals surface area contributed by atoms with E-state index < -0.39 is 0 Å². The molecule has 0 unspecified atom stereocenters. The molecular formula is C25H24FN5O. The van der Waals surface area contributed by atoms with Gasteiger partial charge >= 0.3 is 6.03 Å². The van der Waals surface area contributed by atoms with Crippen molar-refractivity contribution in [2.45, 2.75) is 12.8 Å². The molecule has 0 bridgehead atoms. The van der Waals surface area contributed by atoms with Crippen molar-refractivity contribution in [3.8, 4) is 16.9 Å². The number of nitrogens with zero attached hydrogens (tertiary/aromatic N) is 2. The molecule has 1 heterocycles. The molecule has 0 spiro atoms. The molecule has 2 amide bonds. The maximum Gasteiger partial charge on any atom is 0.319 e. The maximum atomic E-state index is 13.4. The summed E-state index contributed by atoms with van der Waals surface area (Å²) in [5.41, 5.74) is 9.92. The minimum absolute atomic E-state index is 0.259. The van der Waals surface area contributed by atoms with E-state index >= 15 is 0 Å². The lowest BCUT2D eigenvalue weighted by atomic mass is 10.1. The van der Waals surface area contributed by atoms with Crippen LogP contribution in [0.1, 0.15) is 12.0 Å². The number of hydrogen-bond donors (Lipinski definition) is 3. The van der Waals surface area contributed by atoms with Crippen LogP contribution in [0.15, 0.2) is 84.9 Å². The maximum absolute atomic E-state index is 13.4. The number of halogens is 1. The number of urea groups is 1. The summed E-state index contributed by atoms with van der Waals surface area (Å²) in [5.74, 6) is -0.0918. The third-order valence-electron chi connectivity index (χ3n) is 5.05. The Morgan fingerprint density at radius 2 is 1.59 bits per heavy atom. The van der Waals surface area contributed by atoms with Gasteiger partial charge in [-0.05, 0) is 42.7 Å². The monoisotopic (exact) mass is 429 g/mol. The summed E-state index contributed by atoms with van der Waals surface area (Å²) < 4.78 is 14.8. The van der Waals surface area contributed by atoms with Crippen LogP contribution in [0.5, 0.6) is 0 Å². The number of aryl methyl sites for hydroxylation is 1. The van der Waals surface area contributed by atoms with Crippen molar-refractivity contribution in [3.63, 3.8) is 0 Å². The van der Waals surface area contributed by atoms with Gasteiger partial charge in [0.2, 0.25) is 0 Å². The standard InChI is InChI=1S/C25H24FN5O/c26-20-13-15-21(16-14-20)31-24(27)23(22(30-31)19-11-5-2-6-12-19)29-25(32)28-17-7-10-18-8-3-1-4-9-18/h1-6,8-9,11-16H,7,10,17,27H2,(H2,28,29,32). The van der Waals surface area contributed by atoms with Gasteiger partial charge in [0.25, 0.3) is 0 Å². The zero-order valence-corrected chi connectivity index (χ0v) is 17.5. The van der Waals surface area contributed by atoms with Gasteiger partial charge < -0.3 is 16.4 Å². The van der Waals surface area contributed by atoms with Crippen molar-refractivity contribution in [1.82, 2.24) is 15.1 Å². The predicted molar refractivity (Wildman–Crippen MR) is 125 cm³/mol. The molecule has 4 N–H and O–H groups in total. The number of rotatable bonds is 7. The first-order valence-electron chi connectivity index (χ1n) is 10.4. The number of aromatic nitrogens is 2. The molecule has 0 fully saturated rings. The van der Waals surface area contributed by atoms with E-state index in [0.717, 1.165) is 18.4 Å². The molecule has 32 heavy (non-hydrogen) atoms. The Bertz CT molecular complexity index is 1170. The molecular weight excluding hydrogens is 405 g/mol. The minimum atomic E-state index is -0.361. The molecule has 162 valence electrons. The van der Waals surface area contributed by atoms with Crippen LogP contribution in [0.2, 0.25) is 0 Å². The Kier molecular flexibility index (Phi) is 6.46. The van der Waals surface area contributed by atoms with E-state index in [0.29, 0.717) is 23.6 Å². The Morgan fingerprint density at radius 1 is 0.938 bits per heavy atom. The van der Waals surface area contributed by atoms with Crippen molar-refractivity contribution in [1.29, 1.82) is 0 Å². The fourth-order valence-electron chi connectivity index (χ4n) is 3.43. The zero-order valence-electron chi connectivity index (χ0n) is 17.5. The second-order valence-electron chi connectivity index (χ2n) is 7.33. The molecule has 6 nitrogen and oxygen atoms in total. The first-order chi connectivity index (χ1) is 15.6. The van der Waals surface area contributed by atoms with Crippen molar-refractivity contribution in [2.75, 3.05) is 17.6 Å². The van der Waals surface area contributed by atoms with Gasteiger partial charge in [0.15, 0.2) is 5.82 Å². The van der Waals surface area contributed by atoms with Gasteiger partial charge in [-0.2, -0.15) is 5.10 Å². The highest BCUT2D eigenvalue weighted by Gasteiger charge is 2.20. The molecule has 7 heteroatoms. The van der Waals surface area contributed by atoms with Crippen LogP contribution in [-0.2, 0) is 6.42 Å². The Labute approximate surface area is 185 Å². The largest absolute Gasteiger partial charge is 0.382 e. The third kappa shape index (κ3) is 4.95. The molecule has 0 atom stereocenters. The van der Waals surface area contributed by atoms with E-state index in [1.165, 1.54) is 22.4 Å². The third-order valence-corrected chi connectivity index (χ3v) is 5.05. The van der Waals surface area contributed by atoms with Crippen molar-refractivity contribution in [2.24, 2.45) is 0 Å². The minimum Gasteiger partial charge on any atom is -0.382 e. The van der Waals surface area contributed by atoms with E-state index in [-0.39, 0.29) is 17.7 Å². The number of amides is 2. The molecule has 0 radical (unpaired) electrons. The predicted octanol–water partition coefficient (Wildman–Crippen LogP) is 5.01. The zero-order chi connectivity index (χ0) is 22.3. The lowest BCUT2D eigenvalue weighted by Gasteiger charge is -2.09. The highest BCUT2D eigenvalue weighted by atomic mass is 19.1. The van der Waals surface area contributed by atoms with E-state index in [2.05, 4.69) is 27.9 Å². The molecule has 0 aliphatic carbocycles. The van der Waals surface area contributed by atoms with Crippen LogP contribution < -0.4 is 16.4 Å². The second-order valence-corrected chi connectivity index (χ2v) is 7.33. The van der Waals surface area contributed by atoms with Crippen molar-refractivity contribution >= 4 is 17.5 Å². The number of hydrogen-bond acceptors (Lipinski definition) is 3. The van der Waals surface area contributed by atoms with E-state index in [9.17, 15) is 9.18 Å². The topological polar surface area (TPSA) is 85.0 Å². The number of nitrogens with two attached hydrogens (primary N) is 1. The summed E-state index contributed by atoms with van der Waals surface area (Å²) >= 11 is 0. The summed E-state index contributed by atoms with van der Waals surface area (Å²) in [6.45, 7) is 0.521. The number of nitrogen functional groups attached to an aromatic ring is 1. The van der Waals surface area contributed by atoms with Gasteiger partial charge in [-0.3, -0.25) is 0 Å². The van der Waals surface area contributed by atoms with Crippen LogP contribution in [0.25, 0.3) is 16.9 Å². The first kappa shape index (κ1) is 21.1. The van der Waals surface area contributed by atoms with Crippen LogP contribution in [-0.4, -0.2) is 22.4 Å².